The molecular weight excluding hydrogens is 1050 g/mol. The molecule has 0 aromatic carbocycles. The molecule has 37 heteroatoms. The summed E-state index contributed by atoms with van der Waals surface area (Å²) in [5, 5.41) is 26.0. The molecule has 0 bridgehead atoms. The molecule has 0 spiro atoms. The Morgan fingerprint density at radius 3 is 0.868 bits per heavy atom. The van der Waals surface area contributed by atoms with E-state index in [0.717, 1.165) is 6.92 Å². The van der Waals surface area contributed by atoms with Gasteiger partial charge in [-0.1, -0.05) is 19.7 Å². The lowest BCUT2D eigenvalue weighted by Crippen LogP contribution is -2.73. The lowest BCUT2D eigenvalue weighted by atomic mass is 9.83. The Kier molecular flexibility index (Phi) is 20.8. The number of aliphatic hydroxyl groups is 3. The van der Waals surface area contributed by atoms with Gasteiger partial charge in [-0.3, -0.25) is 0 Å². The largest absolute Gasteiger partial charge is 0.450 e. The molecule has 9 nitrogen and oxygen atoms in total. The van der Waals surface area contributed by atoms with Crippen LogP contribution in [0.5, 0.6) is 0 Å². The first-order valence-corrected chi connectivity index (χ1v) is 16.0. The monoisotopic (exact) mass is 1080 g/mol. The van der Waals surface area contributed by atoms with Crippen LogP contribution in [0.25, 0.3) is 0 Å². The summed E-state index contributed by atoms with van der Waals surface area (Å²) in [4.78, 5) is 32.9. The van der Waals surface area contributed by atoms with Gasteiger partial charge in [0.1, 0.15) is 0 Å². The van der Waals surface area contributed by atoms with Crippen LogP contribution in [0.1, 0.15) is 34.6 Å². The predicted molar refractivity (Wildman–Crippen MR) is 162 cm³/mol. The van der Waals surface area contributed by atoms with Crippen molar-refractivity contribution in [1.82, 2.24) is 0 Å². The number of hydrogen-bond donors (Lipinski definition) is 3. The normalized spacial score (nSPS) is 16.7. The van der Waals surface area contributed by atoms with Gasteiger partial charge >= 0.3 is 78.3 Å². The number of alkyl halides is 28. The van der Waals surface area contributed by atoms with Crippen LogP contribution in [0.2, 0.25) is 0 Å². The fraction of sp³-hybridized carbons (Fsp3) is 0.710. The molecule has 4 atom stereocenters. The van der Waals surface area contributed by atoms with Crippen LogP contribution in [0.4, 0.5) is 123 Å². The maximum atomic E-state index is 13.9. The van der Waals surface area contributed by atoms with Crippen LogP contribution in [-0.2, 0) is 28.6 Å². The quantitative estimate of drug-likeness (QED) is 0.0672. The van der Waals surface area contributed by atoms with E-state index < -0.39 is 137 Å². The molecule has 402 valence electrons. The maximum Gasteiger partial charge on any atom is 0.432 e. The van der Waals surface area contributed by atoms with Gasteiger partial charge < -0.3 is 29.5 Å². The van der Waals surface area contributed by atoms with Crippen molar-refractivity contribution < 1.29 is 167 Å². The first-order chi connectivity index (χ1) is 29.1. The molecule has 4 unspecified atom stereocenters. The van der Waals surface area contributed by atoms with E-state index in [1.165, 1.54) is 0 Å². The molecule has 0 fully saturated rings. The van der Waals surface area contributed by atoms with E-state index in [9.17, 15) is 137 Å². The zero-order valence-electron chi connectivity index (χ0n) is 33.3. The highest BCUT2D eigenvalue weighted by Gasteiger charge is 2.87. The third kappa shape index (κ3) is 13.7. The van der Waals surface area contributed by atoms with Gasteiger partial charge in [0, 0.05) is 16.7 Å². The van der Waals surface area contributed by atoms with E-state index in [1.807, 2.05) is 0 Å². The average Bonchev–Trinajstić information content (AvgIpc) is 3.07. The van der Waals surface area contributed by atoms with Gasteiger partial charge in [-0.05, 0) is 34.6 Å². The minimum Gasteiger partial charge on any atom is -0.450 e. The molecule has 0 rings (SSSR count). The van der Waals surface area contributed by atoms with E-state index in [4.69, 9.17) is 15.3 Å². The Hall–Kier alpha value is -4.45. The number of halogens is 28. The Bertz CT molecular complexity index is 1790. The lowest BCUT2D eigenvalue weighted by Gasteiger charge is -2.43. The predicted octanol–water partition coefficient (Wildman–Crippen LogP) is 9.84. The second-order valence-electron chi connectivity index (χ2n) is 13.6. The topological polar surface area (TPSA) is 140 Å². The number of ether oxygens (including phenoxy) is 3. The second kappa shape index (κ2) is 20.9. The number of rotatable bonds is 14. The first-order valence-electron chi connectivity index (χ1n) is 16.0. The fourth-order valence-electron chi connectivity index (χ4n) is 3.78. The maximum absolute atomic E-state index is 13.9. The second-order valence-corrected chi connectivity index (χ2v) is 13.6. The SMILES string of the molecule is C=C(C)C(=O)OC(C(F)(F)F)C(F)(F)C(O)(C(F)(F)F)C(F)(F)F.C=C(C)C(=O)OC(C(F)(F)F)C(F)(F)C(O)(C(F)F)C(F)(F)F.C=C(C)C(=O)OC(C)(C)C(F)(F)C(O)(C(F)F)C(F)(F)F. The molecule has 0 aliphatic heterocycles. The van der Waals surface area contributed by atoms with Crippen molar-refractivity contribution in [3.05, 3.63) is 36.5 Å². The molecule has 0 aliphatic carbocycles. The van der Waals surface area contributed by atoms with Gasteiger partial charge in [0.15, 0.2) is 5.60 Å². The van der Waals surface area contributed by atoms with E-state index in [0.29, 0.717) is 13.8 Å². The molecule has 0 saturated heterocycles. The van der Waals surface area contributed by atoms with Crippen LogP contribution in [0.15, 0.2) is 36.5 Å². The van der Waals surface area contributed by atoms with Crippen molar-refractivity contribution in [3.63, 3.8) is 0 Å². The molecule has 0 aromatic heterocycles. The van der Waals surface area contributed by atoms with Crippen molar-refractivity contribution in [2.24, 2.45) is 0 Å². The van der Waals surface area contributed by atoms with E-state index in [1.54, 1.807) is 0 Å². The lowest BCUT2D eigenvalue weighted by molar-refractivity contribution is -0.445. The number of esters is 3. The Labute approximate surface area is 358 Å². The van der Waals surface area contributed by atoms with E-state index in [2.05, 4.69) is 33.9 Å². The van der Waals surface area contributed by atoms with Crippen LogP contribution >= 0.6 is 0 Å². The third-order valence-electron chi connectivity index (χ3n) is 7.64. The van der Waals surface area contributed by atoms with Crippen molar-refractivity contribution >= 4 is 17.9 Å². The van der Waals surface area contributed by atoms with Gasteiger partial charge in [0.05, 0.1) is 0 Å². The number of carbonyl (C=O) groups is 3. The van der Waals surface area contributed by atoms with Gasteiger partial charge in [-0.2, -0.15) is 105 Å². The van der Waals surface area contributed by atoms with Crippen molar-refractivity contribution in [1.29, 1.82) is 0 Å². The van der Waals surface area contributed by atoms with E-state index >= 15 is 0 Å². The summed E-state index contributed by atoms with van der Waals surface area (Å²) in [6, 6.07) is 0. The van der Waals surface area contributed by atoms with E-state index in [-0.39, 0.29) is 13.8 Å². The third-order valence-corrected chi connectivity index (χ3v) is 7.64. The highest BCUT2D eigenvalue weighted by molar-refractivity contribution is 5.88. The summed E-state index contributed by atoms with van der Waals surface area (Å²) in [6.07, 6.45) is -61.3. The standard InChI is InChI=1S/C11H13F7O3.C10H7F11O3.C10H8F10O3/c1-5(2)6(19)21-8(3,4)10(14,15)9(20,7(12)13)11(16,17)18;1-3(2)4(22)24-5(7(13,14)15)6(11,12)8(23,9(16,17)18)10(19,20)21;1-3(2)4(21)23-5(9(15,16)17)8(13,14)7(22,6(11)12)10(18,19)20/h7,20H,1H2,2-4H3;5,23H,1H2,2H3;5-6,22H,1H2,2H3. The highest BCUT2D eigenvalue weighted by atomic mass is 19.4. The Morgan fingerprint density at radius 2 is 0.676 bits per heavy atom. The van der Waals surface area contributed by atoms with Gasteiger partial charge in [-0.25, -0.2) is 31.9 Å². The average molecular weight is 1080 g/mol. The minimum absolute atomic E-state index is 0.271. The van der Waals surface area contributed by atoms with Crippen LogP contribution in [-0.4, -0.2) is 136 Å². The summed E-state index contributed by atoms with van der Waals surface area (Å²) in [6.45, 7) is 11.2. The number of hydrogen-bond acceptors (Lipinski definition) is 9. The Morgan fingerprint density at radius 1 is 0.426 bits per heavy atom. The molecule has 0 radical (unpaired) electrons. The smallest absolute Gasteiger partial charge is 0.432 e. The highest BCUT2D eigenvalue weighted by Crippen LogP contribution is 2.56. The molecule has 0 heterocycles. The first kappa shape index (κ1) is 67.8. The summed E-state index contributed by atoms with van der Waals surface area (Å²) in [5.74, 6) is -25.3. The minimum atomic E-state index is -7.28. The van der Waals surface area contributed by atoms with Crippen LogP contribution < -0.4 is 0 Å². The summed E-state index contributed by atoms with van der Waals surface area (Å²) >= 11 is 0. The van der Waals surface area contributed by atoms with Crippen LogP contribution in [0, 0.1) is 0 Å². The fourth-order valence-corrected chi connectivity index (χ4v) is 3.78. The Balaban J connectivity index is -0.000000934. The summed E-state index contributed by atoms with van der Waals surface area (Å²) < 4.78 is 366. The molecule has 68 heavy (non-hydrogen) atoms. The summed E-state index contributed by atoms with van der Waals surface area (Å²) in [5.41, 5.74) is -25.0. The van der Waals surface area contributed by atoms with Gasteiger partial charge in [0.25, 0.3) is 36.3 Å². The van der Waals surface area contributed by atoms with Crippen molar-refractivity contribution in [2.75, 3.05) is 0 Å². The van der Waals surface area contributed by atoms with Gasteiger partial charge in [0.2, 0.25) is 0 Å². The molecular formula is C31H28F28O9. The van der Waals surface area contributed by atoms with Crippen molar-refractivity contribution in [3.8, 4) is 0 Å². The zero-order chi connectivity index (χ0) is 56.4. The molecule has 0 amide bonds. The molecule has 0 aliphatic rings. The number of carbonyl (C=O) groups excluding carboxylic acids is 3. The van der Waals surface area contributed by atoms with Gasteiger partial charge in [-0.15, -0.1) is 0 Å². The molecule has 0 saturated carbocycles. The molecule has 0 aromatic rings. The van der Waals surface area contributed by atoms with Crippen LogP contribution in [0.3, 0.4) is 0 Å². The van der Waals surface area contributed by atoms with Crippen molar-refractivity contribution in [2.45, 2.75) is 137 Å². The zero-order valence-corrected chi connectivity index (χ0v) is 33.3. The molecule has 3 N–H and O–H groups in total. The summed E-state index contributed by atoms with van der Waals surface area (Å²) in [7, 11) is 0.